The van der Waals surface area contributed by atoms with Crippen LogP contribution in [0.3, 0.4) is 0 Å². The molecule has 2 heterocycles. The van der Waals surface area contributed by atoms with Crippen molar-refractivity contribution < 1.29 is 9.18 Å². The fourth-order valence-corrected chi connectivity index (χ4v) is 3.65. The van der Waals surface area contributed by atoms with Gasteiger partial charge in [0.2, 0.25) is 0 Å². The van der Waals surface area contributed by atoms with Crippen molar-refractivity contribution >= 4 is 33.9 Å². The van der Waals surface area contributed by atoms with Gasteiger partial charge >= 0.3 is 0 Å². The molecule has 0 saturated heterocycles. The number of aryl methyl sites for hydroxylation is 2. The number of nitrogens with zero attached hydrogens (tertiary/aromatic N) is 3. The Labute approximate surface area is 146 Å². The zero-order valence-corrected chi connectivity index (χ0v) is 14.8. The minimum Gasteiger partial charge on any atom is -0.297 e. The van der Waals surface area contributed by atoms with E-state index in [1.54, 1.807) is 19.2 Å². The first-order valence-electron chi connectivity index (χ1n) is 7.39. The molecule has 0 saturated carbocycles. The topological polar surface area (TPSA) is 67.8 Å². The summed E-state index contributed by atoms with van der Waals surface area (Å²) in [6.07, 6.45) is 2.93. The van der Waals surface area contributed by atoms with E-state index in [9.17, 15) is 9.18 Å². The molecule has 0 atom stereocenters. The van der Waals surface area contributed by atoms with E-state index in [4.69, 9.17) is 0 Å². The van der Waals surface area contributed by atoms with Crippen LogP contribution in [-0.4, -0.2) is 20.5 Å². The van der Waals surface area contributed by atoms with Crippen molar-refractivity contribution in [3.8, 4) is 0 Å². The number of carbonyl (C=O) groups is 1. The molecule has 0 aliphatic carbocycles. The van der Waals surface area contributed by atoms with Gasteiger partial charge in [-0.05, 0) is 42.1 Å². The second-order valence-electron chi connectivity index (χ2n) is 5.25. The Hall–Kier alpha value is -2.19. The van der Waals surface area contributed by atoms with Crippen LogP contribution >= 0.6 is 22.9 Å². The van der Waals surface area contributed by atoms with Gasteiger partial charge < -0.3 is 0 Å². The zero-order valence-electron chi connectivity index (χ0n) is 13.2. The Balaban J connectivity index is 1.69. The van der Waals surface area contributed by atoms with Gasteiger partial charge in [0.1, 0.15) is 10.7 Å². The highest BCUT2D eigenvalue weighted by atomic mass is 32.1. The Morgan fingerprint density at radius 3 is 2.96 bits per heavy atom. The van der Waals surface area contributed by atoms with Gasteiger partial charge in [-0.2, -0.15) is 0 Å². The minimum absolute atomic E-state index is 0.213. The Morgan fingerprint density at radius 1 is 1.38 bits per heavy atom. The number of thiazole rings is 1. The molecule has 24 heavy (non-hydrogen) atoms. The maximum absolute atomic E-state index is 13.6. The molecule has 2 aromatic heterocycles. The SMILES string of the molecule is CCc1nnsc1C(=O)Nc1ncc(Cc2ccc(C)c(F)c2)s1. The predicted octanol–water partition coefficient (Wildman–Crippen LogP) is 3.85. The van der Waals surface area contributed by atoms with Gasteiger partial charge in [-0.3, -0.25) is 10.1 Å². The lowest BCUT2D eigenvalue weighted by Crippen LogP contribution is -2.11. The van der Waals surface area contributed by atoms with Gasteiger partial charge in [-0.25, -0.2) is 9.37 Å². The average Bonchev–Trinajstić information content (AvgIpc) is 3.20. The van der Waals surface area contributed by atoms with E-state index in [1.807, 2.05) is 13.0 Å². The van der Waals surface area contributed by atoms with Crippen LogP contribution in [0.25, 0.3) is 0 Å². The van der Waals surface area contributed by atoms with Crippen molar-refractivity contribution in [3.05, 3.63) is 56.8 Å². The number of hydrogen-bond acceptors (Lipinski definition) is 6. The van der Waals surface area contributed by atoms with Gasteiger partial charge in [0.05, 0.1) is 5.69 Å². The third kappa shape index (κ3) is 3.65. The second-order valence-corrected chi connectivity index (χ2v) is 7.12. The molecule has 1 aromatic carbocycles. The van der Waals surface area contributed by atoms with E-state index in [0.29, 0.717) is 34.1 Å². The summed E-state index contributed by atoms with van der Waals surface area (Å²) in [5.41, 5.74) is 2.19. The Bertz CT molecular complexity index is 875. The fraction of sp³-hybridized carbons (Fsp3) is 0.250. The van der Waals surface area contributed by atoms with Gasteiger partial charge in [-0.15, -0.1) is 16.4 Å². The van der Waals surface area contributed by atoms with Gasteiger partial charge in [0, 0.05) is 17.5 Å². The minimum atomic E-state index is -0.246. The molecule has 5 nitrogen and oxygen atoms in total. The lowest BCUT2D eigenvalue weighted by atomic mass is 10.1. The maximum Gasteiger partial charge on any atom is 0.271 e. The zero-order chi connectivity index (χ0) is 17.1. The molecule has 3 rings (SSSR count). The van der Waals surface area contributed by atoms with E-state index < -0.39 is 0 Å². The third-order valence-corrected chi connectivity index (χ3v) is 5.17. The summed E-state index contributed by atoms with van der Waals surface area (Å²) in [7, 11) is 0. The van der Waals surface area contributed by atoms with Crippen molar-refractivity contribution in [3.63, 3.8) is 0 Å². The lowest BCUT2D eigenvalue weighted by molar-refractivity contribution is 0.102. The highest BCUT2D eigenvalue weighted by Gasteiger charge is 2.16. The lowest BCUT2D eigenvalue weighted by Gasteiger charge is -2.01. The van der Waals surface area contributed by atoms with Crippen LogP contribution in [0.5, 0.6) is 0 Å². The molecule has 1 N–H and O–H groups in total. The number of hydrogen-bond donors (Lipinski definition) is 1. The summed E-state index contributed by atoms with van der Waals surface area (Å²) in [5, 5.41) is 7.21. The normalized spacial score (nSPS) is 10.8. The van der Waals surface area contributed by atoms with Crippen molar-refractivity contribution in [2.45, 2.75) is 26.7 Å². The molecular weight excluding hydrogens is 347 g/mol. The molecule has 0 aliphatic rings. The van der Waals surface area contributed by atoms with Crippen LogP contribution in [0.2, 0.25) is 0 Å². The smallest absolute Gasteiger partial charge is 0.271 e. The molecule has 1 amide bonds. The average molecular weight is 362 g/mol. The van der Waals surface area contributed by atoms with E-state index in [2.05, 4.69) is 19.9 Å². The number of aromatic nitrogens is 3. The first kappa shape index (κ1) is 16.7. The number of benzene rings is 1. The Morgan fingerprint density at radius 2 is 2.21 bits per heavy atom. The Kier molecular flexibility index (Phi) is 4.96. The molecular formula is C16H15FN4OS2. The van der Waals surface area contributed by atoms with Crippen LogP contribution in [0.4, 0.5) is 9.52 Å². The van der Waals surface area contributed by atoms with Gasteiger partial charge in [0.25, 0.3) is 5.91 Å². The number of anilines is 1. The summed E-state index contributed by atoms with van der Waals surface area (Å²) in [6, 6.07) is 5.19. The van der Waals surface area contributed by atoms with Crippen LogP contribution in [0, 0.1) is 12.7 Å². The quantitative estimate of drug-likeness (QED) is 0.749. The molecule has 0 spiro atoms. The fourth-order valence-electron chi connectivity index (χ4n) is 2.16. The molecule has 0 aliphatic heterocycles. The van der Waals surface area contributed by atoms with Gasteiger partial charge in [-0.1, -0.05) is 23.5 Å². The van der Waals surface area contributed by atoms with E-state index in [-0.39, 0.29) is 11.7 Å². The van der Waals surface area contributed by atoms with E-state index in [0.717, 1.165) is 22.0 Å². The van der Waals surface area contributed by atoms with Crippen molar-refractivity contribution in [2.75, 3.05) is 5.32 Å². The summed E-state index contributed by atoms with van der Waals surface area (Å²) < 4.78 is 17.4. The number of amides is 1. The largest absolute Gasteiger partial charge is 0.297 e. The number of rotatable bonds is 5. The standard InChI is InChI=1S/C16H15FN4OS2/c1-3-13-14(24-21-20-13)15(22)19-16-18-8-11(23-16)6-10-5-4-9(2)12(17)7-10/h4-5,7-8H,3,6H2,1-2H3,(H,18,19,22). The molecule has 0 bridgehead atoms. The molecule has 0 fully saturated rings. The number of carbonyl (C=O) groups excluding carboxylic acids is 1. The summed E-state index contributed by atoms with van der Waals surface area (Å²) in [5.74, 6) is -0.459. The first-order chi connectivity index (χ1) is 11.6. The molecule has 3 aromatic rings. The predicted molar refractivity (Wildman–Crippen MR) is 93.3 cm³/mol. The van der Waals surface area contributed by atoms with E-state index >= 15 is 0 Å². The maximum atomic E-state index is 13.6. The monoisotopic (exact) mass is 362 g/mol. The van der Waals surface area contributed by atoms with Gasteiger partial charge in [0.15, 0.2) is 5.13 Å². The van der Waals surface area contributed by atoms with Crippen molar-refractivity contribution in [1.82, 2.24) is 14.6 Å². The van der Waals surface area contributed by atoms with Crippen molar-refractivity contribution in [2.24, 2.45) is 0 Å². The molecule has 0 radical (unpaired) electrons. The molecule has 8 heteroatoms. The summed E-state index contributed by atoms with van der Waals surface area (Å²) in [6.45, 7) is 3.66. The third-order valence-electron chi connectivity index (χ3n) is 3.49. The van der Waals surface area contributed by atoms with Crippen LogP contribution in [-0.2, 0) is 12.8 Å². The van der Waals surface area contributed by atoms with E-state index in [1.165, 1.54) is 17.4 Å². The van der Waals surface area contributed by atoms with Crippen molar-refractivity contribution in [1.29, 1.82) is 0 Å². The van der Waals surface area contributed by atoms with Crippen LogP contribution < -0.4 is 5.32 Å². The summed E-state index contributed by atoms with van der Waals surface area (Å²) >= 11 is 2.45. The first-order valence-corrected chi connectivity index (χ1v) is 8.98. The van der Waals surface area contributed by atoms with Crippen LogP contribution in [0.15, 0.2) is 24.4 Å². The second kappa shape index (κ2) is 7.14. The highest BCUT2D eigenvalue weighted by Crippen LogP contribution is 2.23. The molecule has 124 valence electrons. The highest BCUT2D eigenvalue weighted by molar-refractivity contribution is 7.16. The number of nitrogens with one attached hydrogen (secondary N) is 1. The number of halogens is 1. The summed E-state index contributed by atoms with van der Waals surface area (Å²) in [4.78, 5) is 17.9. The van der Waals surface area contributed by atoms with Crippen LogP contribution in [0.1, 0.15) is 38.3 Å². The molecule has 0 unspecified atom stereocenters.